The summed E-state index contributed by atoms with van der Waals surface area (Å²) in [6.07, 6.45) is 8.95. The van der Waals surface area contributed by atoms with Gasteiger partial charge in [-0.3, -0.25) is 9.19 Å². The second kappa shape index (κ2) is 7.43. The van der Waals surface area contributed by atoms with Crippen molar-refractivity contribution >= 4 is 38.2 Å². The van der Waals surface area contributed by atoms with Gasteiger partial charge in [0.25, 0.3) is 0 Å². The zero-order valence-corrected chi connectivity index (χ0v) is 18.6. The molecule has 4 heterocycles. The highest BCUT2D eigenvalue weighted by Gasteiger charge is 2.40. The summed E-state index contributed by atoms with van der Waals surface area (Å²) in [5.41, 5.74) is 2.39. The Kier molecular flexibility index (Phi) is 4.90. The first kappa shape index (κ1) is 19.1. The van der Waals surface area contributed by atoms with Gasteiger partial charge < -0.3 is 4.90 Å². The van der Waals surface area contributed by atoms with Crippen LogP contribution in [0.15, 0.2) is 24.5 Å². The summed E-state index contributed by atoms with van der Waals surface area (Å²) in [5.74, 6) is 2.49. The largest absolute Gasteiger partial charge is 0.354 e. The van der Waals surface area contributed by atoms with E-state index in [0.717, 1.165) is 60.8 Å². The molecule has 1 atom stereocenters. The normalized spacial score (nSPS) is 20.9. The number of pyridine rings is 1. The van der Waals surface area contributed by atoms with Crippen molar-refractivity contribution in [1.29, 1.82) is 0 Å². The molecule has 3 aromatic heterocycles. The lowest BCUT2D eigenvalue weighted by molar-refractivity contribution is 0.495. The Bertz CT molecular complexity index is 1080. The fourth-order valence-electron chi connectivity index (χ4n) is 4.71. The zero-order valence-electron chi connectivity index (χ0n) is 17.0. The van der Waals surface area contributed by atoms with Gasteiger partial charge in [0, 0.05) is 52.5 Å². The van der Waals surface area contributed by atoms with E-state index < -0.39 is 10.8 Å². The summed E-state index contributed by atoms with van der Waals surface area (Å²) < 4.78 is 12.7. The van der Waals surface area contributed by atoms with E-state index in [-0.39, 0.29) is 4.75 Å². The van der Waals surface area contributed by atoms with E-state index in [1.54, 1.807) is 6.20 Å². The zero-order chi connectivity index (χ0) is 20.0. The van der Waals surface area contributed by atoms with Crippen molar-refractivity contribution in [2.75, 3.05) is 23.7 Å². The Hall–Kier alpha value is -1.86. The minimum Gasteiger partial charge on any atom is -0.354 e. The first-order valence-electron chi connectivity index (χ1n) is 10.5. The van der Waals surface area contributed by atoms with Crippen molar-refractivity contribution < 1.29 is 4.21 Å². The highest BCUT2D eigenvalue weighted by molar-refractivity contribution is 7.86. The van der Waals surface area contributed by atoms with E-state index in [1.807, 2.05) is 29.7 Å². The summed E-state index contributed by atoms with van der Waals surface area (Å²) in [4.78, 5) is 19.2. The van der Waals surface area contributed by atoms with E-state index in [4.69, 9.17) is 9.97 Å². The number of thiophene rings is 1. The standard InChI is InChI=1S/C22H26N4OS2/c1-3-22(4-2)14-26(11-12-29(22)27)20-18-16-8-5-9-17(16)28-21(18)25-19(24-20)15-7-6-10-23-13-15/h6-7,10,13H,3-5,8-9,11-12,14H2,1-2H3. The van der Waals surface area contributed by atoms with Gasteiger partial charge in [-0.25, -0.2) is 9.97 Å². The SMILES string of the molecule is CCC1(CC)CN(c2nc(-c3cccnc3)nc3sc4c(c23)CCC4)CCS1=O. The lowest BCUT2D eigenvalue weighted by atomic mass is 10.0. The summed E-state index contributed by atoms with van der Waals surface area (Å²) >= 11 is 1.83. The van der Waals surface area contributed by atoms with Gasteiger partial charge >= 0.3 is 0 Å². The predicted molar refractivity (Wildman–Crippen MR) is 121 cm³/mol. The fourth-order valence-corrected chi connectivity index (χ4v) is 7.73. The van der Waals surface area contributed by atoms with E-state index in [1.165, 1.54) is 22.2 Å². The highest BCUT2D eigenvalue weighted by Crippen LogP contribution is 2.43. The van der Waals surface area contributed by atoms with Gasteiger partial charge in [-0.2, -0.15) is 0 Å². The van der Waals surface area contributed by atoms with E-state index in [2.05, 4.69) is 23.7 Å². The number of fused-ring (bicyclic) bond motifs is 3. The lowest BCUT2D eigenvalue weighted by Crippen LogP contribution is -2.53. The quantitative estimate of drug-likeness (QED) is 0.620. The molecule has 0 aromatic carbocycles. The number of aromatic nitrogens is 3. The molecule has 152 valence electrons. The highest BCUT2D eigenvalue weighted by atomic mass is 32.2. The molecule has 5 rings (SSSR count). The van der Waals surface area contributed by atoms with Crippen molar-refractivity contribution in [3.63, 3.8) is 0 Å². The van der Waals surface area contributed by atoms with Gasteiger partial charge in [0.1, 0.15) is 10.6 Å². The Balaban J connectivity index is 1.68. The van der Waals surface area contributed by atoms with Gasteiger partial charge in [0.05, 0.1) is 10.1 Å². The van der Waals surface area contributed by atoms with Crippen LogP contribution >= 0.6 is 11.3 Å². The van der Waals surface area contributed by atoms with Gasteiger partial charge in [0.15, 0.2) is 5.82 Å². The van der Waals surface area contributed by atoms with Crippen molar-refractivity contribution in [2.45, 2.75) is 50.7 Å². The number of nitrogens with zero attached hydrogens (tertiary/aromatic N) is 4. The molecular weight excluding hydrogens is 400 g/mol. The number of aryl methyl sites for hydroxylation is 2. The number of rotatable bonds is 4. The maximum atomic E-state index is 12.9. The molecule has 1 aliphatic heterocycles. The molecule has 29 heavy (non-hydrogen) atoms. The molecule has 0 radical (unpaired) electrons. The van der Waals surface area contributed by atoms with E-state index in [0.29, 0.717) is 5.75 Å². The van der Waals surface area contributed by atoms with Crippen LogP contribution in [-0.2, 0) is 23.6 Å². The van der Waals surface area contributed by atoms with Crippen molar-refractivity contribution in [1.82, 2.24) is 15.0 Å². The summed E-state index contributed by atoms with van der Waals surface area (Å²) in [7, 11) is -0.788. The molecule has 1 aliphatic carbocycles. The Morgan fingerprint density at radius 2 is 2.10 bits per heavy atom. The lowest BCUT2D eigenvalue weighted by Gasteiger charge is -2.42. The van der Waals surface area contributed by atoms with Crippen LogP contribution < -0.4 is 4.90 Å². The Labute approximate surface area is 178 Å². The van der Waals surface area contributed by atoms with Crippen LogP contribution in [0.2, 0.25) is 0 Å². The van der Waals surface area contributed by atoms with Gasteiger partial charge in [0.2, 0.25) is 0 Å². The number of anilines is 1. The molecule has 0 amide bonds. The first-order chi connectivity index (χ1) is 14.1. The van der Waals surface area contributed by atoms with Crippen LogP contribution in [0.25, 0.3) is 21.6 Å². The first-order valence-corrected chi connectivity index (χ1v) is 12.6. The smallest absolute Gasteiger partial charge is 0.164 e. The minimum absolute atomic E-state index is 0.150. The maximum absolute atomic E-state index is 12.9. The predicted octanol–water partition coefficient (Wildman–Crippen LogP) is 4.37. The fraction of sp³-hybridized carbons (Fsp3) is 0.500. The van der Waals surface area contributed by atoms with Crippen LogP contribution in [-0.4, -0.2) is 42.8 Å². The van der Waals surface area contributed by atoms with E-state index >= 15 is 0 Å². The Morgan fingerprint density at radius 1 is 1.24 bits per heavy atom. The average molecular weight is 427 g/mol. The van der Waals surface area contributed by atoms with Crippen LogP contribution in [0, 0.1) is 0 Å². The molecule has 7 heteroatoms. The third-order valence-electron chi connectivity index (χ3n) is 6.56. The molecule has 0 bridgehead atoms. The van der Waals surface area contributed by atoms with Gasteiger partial charge in [-0.15, -0.1) is 11.3 Å². The van der Waals surface area contributed by atoms with Crippen LogP contribution in [0.1, 0.15) is 43.6 Å². The third kappa shape index (κ3) is 3.10. The van der Waals surface area contributed by atoms with Crippen molar-refractivity contribution in [2.24, 2.45) is 0 Å². The third-order valence-corrected chi connectivity index (χ3v) is 9.97. The molecule has 1 unspecified atom stereocenters. The summed E-state index contributed by atoms with van der Waals surface area (Å²) in [6.45, 7) is 5.93. The molecule has 1 fully saturated rings. The van der Waals surface area contributed by atoms with E-state index in [9.17, 15) is 4.21 Å². The van der Waals surface area contributed by atoms with Crippen LogP contribution in [0.5, 0.6) is 0 Å². The molecule has 0 spiro atoms. The second-order valence-electron chi connectivity index (χ2n) is 8.01. The second-order valence-corrected chi connectivity index (χ2v) is 11.1. The summed E-state index contributed by atoms with van der Waals surface area (Å²) in [6, 6.07) is 3.95. The molecule has 2 aliphatic rings. The topological polar surface area (TPSA) is 59.0 Å². The average Bonchev–Trinajstić information content (AvgIpc) is 3.35. The van der Waals surface area contributed by atoms with Crippen LogP contribution in [0.3, 0.4) is 0 Å². The van der Waals surface area contributed by atoms with Gasteiger partial charge in [-0.1, -0.05) is 13.8 Å². The molecule has 0 N–H and O–H groups in total. The minimum atomic E-state index is -0.788. The Morgan fingerprint density at radius 3 is 2.86 bits per heavy atom. The maximum Gasteiger partial charge on any atom is 0.164 e. The van der Waals surface area contributed by atoms with Crippen LogP contribution in [0.4, 0.5) is 5.82 Å². The van der Waals surface area contributed by atoms with Crippen molar-refractivity contribution in [3.8, 4) is 11.4 Å². The van der Waals surface area contributed by atoms with Crippen molar-refractivity contribution in [3.05, 3.63) is 35.0 Å². The number of hydrogen-bond donors (Lipinski definition) is 0. The molecule has 5 nitrogen and oxygen atoms in total. The van der Waals surface area contributed by atoms with Gasteiger partial charge in [-0.05, 0) is 49.8 Å². The molecule has 1 saturated heterocycles. The monoisotopic (exact) mass is 426 g/mol. The number of hydrogen-bond acceptors (Lipinski definition) is 6. The molecule has 3 aromatic rings. The summed E-state index contributed by atoms with van der Waals surface area (Å²) in [5, 5.41) is 1.24. The molecule has 0 saturated carbocycles. The molecular formula is C22H26N4OS2.